The first kappa shape index (κ1) is 20.3. The van der Waals surface area contributed by atoms with Gasteiger partial charge >= 0.3 is 0 Å². The highest BCUT2D eigenvalue weighted by molar-refractivity contribution is 7.99. The number of thioether (sulfide) groups is 1. The predicted molar refractivity (Wildman–Crippen MR) is 131 cm³/mol. The molecule has 1 N–H and O–H groups in total. The SMILES string of the molecule is CCSc1nnc(-c2cc(-c3ccc4ccccc4c3)cc(-c3cnccc3OC)c2)[nH]1. The molecule has 0 aliphatic rings. The standard InChI is InChI=1S/C26H22N4OS/c1-3-32-26-28-25(29-30-26)22-14-20(19-9-8-17-6-4-5-7-18(17)12-19)13-21(15-22)23-16-27-11-10-24(23)31-2/h4-16H,3H2,1-2H3,(H,28,29,30). The van der Waals surface area contributed by atoms with Crippen LogP contribution in [0.25, 0.3) is 44.4 Å². The van der Waals surface area contributed by atoms with E-state index in [1.54, 1.807) is 25.1 Å². The van der Waals surface area contributed by atoms with Crippen LogP contribution >= 0.6 is 11.8 Å². The minimum atomic E-state index is 0.743. The molecule has 0 spiro atoms. The first-order valence-electron chi connectivity index (χ1n) is 10.4. The lowest BCUT2D eigenvalue weighted by Crippen LogP contribution is -1.91. The highest BCUT2D eigenvalue weighted by Gasteiger charge is 2.13. The van der Waals surface area contributed by atoms with Crippen LogP contribution in [0.5, 0.6) is 5.75 Å². The maximum absolute atomic E-state index is 5.61. The second-order valence-electron chi connectivity index (χ2n) is 7.35. The van der Waals surface area contributed by atoms with Crippen LogP contribution in [-0.2, 0) is 0 Å². The number of hydrogen-bond acceptors (Lipinski definition) is 5. The fourth-order valence-electron chi connectivity index (χ4n) is 3.81. The molecule has 0 unspecified atom stereocenters. The Morgan fingerprint density at radius 1 is 0.844 bits per heavy atom. The number of ether oxygens (including phenoxy) is 1. The molecular weight excluding hydrogens is 416 g/mol. The van der Waals surface area contributed by atoms with E-state index in [0.29, 0.717) is 0 Å². The van der Waals surface area contributed by atoms with Crippen molar-refractivity contribution in [3.63, 3.8) is 0 Å². The van der Waals surface area contributed by atoms with Gasteiger partial charge in [-0.05, 0) is 63.5 Å². The monoisotopic (exact) mass is 438 g/mol. The van der Waals surface area contributed by atoms with Crippen LogP contribution in [0.1, 0.15) is 6.92 Å². The number of rotatable bonds is 6. The molecule has 0 amide bonds. The fraction of sp³-hybridized carbons (Fsp3) is 0.115. The minimum absolute atomic E-state index is 0.743. The molecule has 0 aliphatic heterocycles. The number of methoxy groups -OCH3 is 1. The zero-order chi connectivity index (χ0) is 21.9. The average Bonchev–Trinajstić information content (AvgIpc) is 3.32. The quantitative estimate of drug-likeness (QED) is 0.308. The zero-order valence-corrected chi connectivity index (χ0v) is 18.7. The molecule has 32 heavy (non-hydrogen) atoms. The maximum atomic E-state index is 5.61. The molecule has 0 radical (unpaired) electrons. The first-order chi connectivity index (χ1) is 15.7. The number of nitrogens with zero attached hydrogens (tertiary/aromatic N) is 3. The van der Waals surface area contributed by atoms with E-state index in [0.717, 1.165) is 50.3 Å². The molecule has 0 saturated heterocycles. The zero-order valence-electron chi connectivity index (χ0n) is 17.9. The van der Waals surface area contributed by atoms with Crippen molar-refractivity contribution in [1.29, 1.82) is 0 Å². The Labute approximate surface area is 190 Å². The van der Waals surface area contributed by atoms with Gasteiger partial charge in [-0.1, -0.05) is 55.1 Å². The summed E-state index contributed by atoms with van der Waals surface area (Å²) in [5.41, 5.74) is 5.14. The van der Waals surface area contributed by atoms with Crippen LogP contribution in [0.4, 0.5) is 0 Å². The number of aromatic nitrogens is 4. The third-order valence-electron chi connectivity index (χ3n) is 5.35. The predicted octanol–water partition coefficient (Wildman–Crippen LogP) is 6.47. The van der Waals surface area contributed by atoms with Gasteiger partial charge in [0, 0.05) is 23.5 Å². The van der Waals surface area contributed by atoms with Crippen molar-refractivity contribution in [3.05, 3.63) is 79.1 Å². The number of pyridine rings is 1. The summed E-state index contributed by atoms with van der Waals surface area (Å²) in [4.78, 5) is 7.66. The third kappa shape index (κ3) is 3.97. The van der Waals surface area contributed by atoms with Crippen molar-refractivity contribution in [2.45, 2.75) is 12.1 Å². The lowest BCUT2D eigenvalue weighted by molar-refractivity contribution is 0.416. The smallest absolute Gasteiger partial charge is 0.188 e. The van der Waals surface area contributed by atoms with Gasteiger partial charge in [0.05, 0.1) is 7.11 Å². The van der Waals surface area contributed by atoms with Crippen molar-refractivity contribution in [2.24, 2.45) is 0 Å². The van der Waals surface area contributed by atoms with E-state index in [9.17, 15) is 0 Å². The van der Waals surface area contributed by atoms with Crippen LogP contribution in [0.2, 0.25) is 0 Å². The molecule has 2 heterocycles. The van der Waals surface area contributed by atoms with Gasteiger partial charge in [-0.2, -0.15) is 0 Å². The molecule has 5 nitrogen and oxygen atoms in total. The van der Waals surface area contributed by atoms with Crippen LogP contribution in [0, 0.1) is 0 Å². The summed E-state index contributed by atoms with van der Waals surface area (Å²) in [6.45, 7) is 2.10. The minimum Gasteiger partial charge on any atom is -0.496 e. The van der Waals surface area contributed by atoms with Crippen LogP contribution in [0.3, 0.4) is 0 Å². The van der Waals surface area contributed by atoms with E-state index < -0.39 is 0 Å². The van der Waals surface area contributed by atoms with Gasteiger partial charge in [-0.25, -0.2) is 0 Å². The maximum Gasteiger partial charge on any atom is 0.188 e. The summed E-state index contributed by atoms with van der Waals surface area (Å²) in [5, 5.41) is 11.9. The molecule has 0 aliphatic carbocycles. The number of H-pyrrole nitrogens is 1. The Morgan fingerprint density at radius 3 is 2.50 bits per heavy atom. The van der Waals surface area contributed by atoms with E-state index in [1.165, 1.54) is 10.8 Å². The molecule has 2 aromatic heterocycles. The molecule has 6 heteroatoms. The molecule has 0 saturated carbocycles. The van der Waals surface area contributed by atoms with Crippen molar-refractivity contribution in [1.82, 2.24) is 20.2 Å². The van der Waals surface area contributed by atoms with Crippen molar-refractivity contribution in [3.8, 4) is 39.4 Å². The molecule has 158 valence electrons. The Balaban J connectivity index is 1.69. The molecular formula is C26H22N4OS. The molecule has 0 atom stereocenters. The summed E-state index contributed by atoms with van der Waals surface area (Å²) in [7, 11) is 1.68. The van der Waals surface area contributed by atoms with Gasteiger partial charge in [0.15, 0.2) is 11.0 Å². The average molecular weight is 439 g/mol. The fourth-order valence-corrected chi connectivity index (χ4v) is 4.35. The summed E-state index contributed by atoms with van der Waals surface area (Å²) in [6, 6.07) is 23.2. The Hall–Kier alpha value is -3.64. The molecule has 0 bridgehead atoms. The van der Waals surface area contributed by atoms with Gasteiger partial charge < -0.3 is 9.72 Å². The highest BCUT2D eigenvalue weighted by atomic mass is 32.2. The molecule has 0 fully saturated rings. The Kier molecular flexibility index (Phi) is 5.60. The lowest BCUT2D eigenvalue weighted by Gasteiger charge is -2.12. The van der Waals surface area contributed by atoms with Gasteiger partial charge in [0.25, 0.3) is 0 Å². The van der Waals surface area contributed by atoms with Gasteiger partial charge in [-0.3, -0.25) is 4.98 Å². The second kappa shape index (κ2) is 8.85. The van der Waals surface area contributed by atoms with E-state index in [-0.39, 0.29) is 0 Å². The van der Waals surface area contributed by atoms with E-state index >= 15 is 0 Å². The van der Waals surface area contributed by atoms with E-state index in [1.807, 2.05) is 12.3 Å². The van der Waals surface area contributed by atoms with Gasteiger partial charge in [-0.15, -0.1) is 10.2 Å². The highest BCUT2D eigenvalue weighted by Crippen LogP contribution is 2.36. The van der Waals surface area contributed by atoms with Crippen LogP contribution in [-0.4, -0.2) is 33.0 Å². The number of nitrogens with one attached hydrogen (secondary N) is 1. The molecule has 5 rings (SSSR count). The summed E-state index contributed by atoms with van der Waals surface area (Å²) < 4.78 is 5.61. The summed E-state index contributed by atoms with van der Waals surface area (Å²) >= 11 is 1.64. The van der Waals surface area contributed by atoms with E-state index in [2.05, 4.69) is 87.8 Å². The van der Waals surface area contributed by atoms with Crippen LogP contribution < -0.4 is 4.74 Å². The number of benzene rings is 3. The van der Waals surface area contributed by atoms with Crippen molar-refractivity contribution < 1.29 is 4.74 Å². The number of aromatic amines is 1. The number of hydrogen-bond donors (Lipinski definition) is 1. The van der Waals surface area contributed by atoms with E-state index in [4.69, 9.17) is 4.74 Å². The third-order valence-corrected chi connectivity index (χ3v) is 6.09. The van der Waals surface area contributed by atoms with Crippen molar-refractivity contribution in [2.75, 3.05) is 12.9 Å². The Bertz CT molecular complexity index is 1400. The second-order valence-corrected chi connectivity index (χ2v) is 8.60. The van der Waals surface area contributed by atoms with Gasteiger partial charge in [0.1, 0.15) is 5.75 Å². The summed E-state index contributed by atoms with van der Waals surface area (Å²) in [5.74, 6) is 2.46. The lowest BCUT2D eigenvalue weighted by atomic mass is 9.95. The van der Waals surface area contributed by atoms with Crippen LogP contribution in [0.15, 0.2) is 84.3 Å². The van der Waals surface area contributed by atoms with Gasteiger partial charge in [0.2, 0.25) is 0 Å². The summed E-state index contributed by atoms with van der Waals surface area (Å²) in [6.07, 6.45) is 3.57. The normalized spacial score (nSPS) is 11.1. The Morgan fingerprint density at radius 2 is 1.66 bits per heavy atom. The molecule has 5 aromatic rings. The number of fused-ring (bicyclic) bond motifs is 1. The molecule has 3 aromatic carbocycles. The largest absolute Gasteiger partial charge is 0.496 e. The topological polar surface area (TPSA) is 63.7 Å². The first-order valence-corrected chi connectivity index (χ1v) is 11.4. The van der Waals surface area contributed by atoms with Crippen molar-refractivity contribution >= 4 is 22.5 Å².